The second-order valence-electron chi connectivity index (χ2n) is 5.75. The molecule has 2 heterocycles. The monoisotopic (exact) mass is 280 g/mol. The Hall–Kier alpha value is -0.910. The van der Waals surface area contributed by atoms with Crippen molar-refractivity contribution in [1.29, 1.82) is 0 Å². The van der Waals surface area contributed by atoms with Gasteiger partial charge in [-0.15, -0.1) is 0 Å². The molecule has 0 aromatic carbocycles. The number of methoxy groups -OCH3 is 1. The number of piperidine rings is 1. The summed E-state index contributed by atoms with van der Waals surface area (Å²) >= 11 is 0. The minimum Gasteiger partial charge on any atom is -0.384 e. The van der Waals surface area contributed by atoms with E-state index in [0.717, 1.165) is 32.7 Å². The Balaban J connectivity index is 2.02. The highest BCUT2D eigenvalue weighted by Crippen LogP contribution is 2.26. The average molecular weight is 280 g/mol. The van der Waals surface area contributed by atoms with E-state index in [0.29, 0.717) is 18.5 Å². The molecule has 5 heteroatoms. The van der Waals surface area contributed by atoms with Crippen LogP contribution in [0.25, 0.3) is 0 Å². The van der Waals surface area contributed by atoms with Gasteiger partial charge in [0, 0.05) is 38.5 Å². The van der Waals surface area contributed by atoms with E-state index in [1.165, 1.54) is 18.4 Å². The first-order valence-electron chi connectivity index (χ1n) is 7.73. The third-order valence-electron chi connectivity index (χ3n) is 4.11. The fourth-order valence-electron chi connectivity index (χ4n) is 3.15. The molecule has 20 heavy (non-hydrogen) atoms. The lowest BCUT2D eigenvalue weighted by Gasteiger charge is -2.37. The van der Waals surface area contributed by atoms with Gasteiger partial charge < -0.3 is 10.5 Å². The van der Waals surface area contributed by atoms with Crippen LogP contribution in [-0.4, -0.2) is 48.0 Å². The summed E-state index contributed by atoms with van der Waals surface area (Å²) in [7, 11) is 1.79. The zero-order chi connectivity index (χ0) is 14.4. The van der Waals surface area contributed by atoms with Crippen molar-refractivity contribution in [1.82, 2.24) is 14.7 Å². The predicted octanol–water partition coefficient (Wildman–Crippen LogP) is 1.65. The molecular weight excluding hydrogens is 252 g/mol. The van der Waals surface area contributed by atoms with Gasteiger partial charge in [0.25, 0.3) is 0 Å². The first-order chi connectivity index (χ1) is 9.78. The van der Waals surface area contributed by atoms with Crippen LogP contribution in [0.1, 0.15) is 37.8 Å². The zero-order valence-electron chi connectivity index (χ0n) is 12.8. The van der Waals surface area contributed by atoms with E-state index in [9.17, 15) is 0 Å². The van der Waals surface area contributed by atoms with E-state index < -0.39 is 0 Å². The van der Waals surface area contributed by atoms with Crippen molar-refractivity contribution in [3.05, 3.63) is 18.0 Å². The molecule has 0 saturated carbocycles. The summed E-state index contributed by atoms with van der Waals surface area (Å²) in [5.41, 5.74) is 7.28. The summed E-state index contributed by atoms with van der Waals surface area (Å²) in [5, 5.41) is 4.43. The Kier molecular flexibility index (Phi) is 6.01. The molecule has 1 aromatic heterocycles. The quantitative estimate of drug-likeness (QED) is 0.825. The summed E-state index contributed by atoms with van der Waals surface area (Å²) in [5.74, 6) is 0.633. The van der Waals surface area contributed by atoms with Crippen molar-refractivity contribution >= 4 is 0 Å². The van der Waals surface area contributed by atoms with Crippen molar-refractivity contribution in [2.24, 2.45) is 11.7 Å². The van der Waals surface area contributed by atoms with Crippen molar-refractivity contribution < 1.29 is 4.74 Å². The third kappa shape index (κ3) is 3.81. The lowest BCUT2D eigenvalue weighted by molar-refractivity contribution is 0.0697. The van der Waals surface area contributed by atoms with Gasteiger partial charge in [-0.1, -0.05) is 6.92 Å². The largest absolute Gasteiger partial charge is 0.384 e. The van der Waals surface area contributed by atoms with Crippen LogP contribution in [0.2, 0.25) is 0 Å². The summed E-state index contributed by atoms with van der Waals surface area (Å²) in [6, 6.07) is 0.292. The van der Waals surface area contributed by atoms with Gasteiger partial charge in [-0.2, -0.15) is 5.10 Å². The first kappa shape index (κ1) is 15.5. The number of hydrogen-bond donors (Lipinski definition) is 1. The summed E-state index contributed by atoms with van der Waals surface area (Å²) in [4.78, 5) is 2.50. The number of aryl methyl sites for hydroxylation is 1. The van der Waals surface area contributed by atoms with E-state index in [4.69, 9.17) is 10.5 Å². The summed E-state index contributed by atoms with van der Waals surface area (Å²) in [6.07, 6.45) is 7.73. The second-order valence-corrected chi connectivity index (χ2v) is 5.75. The van der Waals surface area contributed by atoms with Gasteiger partial charge in [0.05, 0.1) is 18.8 Å². The van der Waals surface area contributed by atoms with Gasteiger partial charge in [0.2, 0.25) is 0 Å². The number of aromatic nitrogens is 2. The van der Waals surface area contributed by atoms with Gasteiger partial charge in [0.15, 0.2) is 0 Å². The molecular formula is C15H28N4O. The standard InChI is InChI=1S/C15H28N4O/c1-3-6-19-11-14(9-17-19)15(8-16)18-7-4-5-13(10-18)12-20-2/h9,11,13,15H,3-8,10,12,16H2,1-2H3. The predicted molar refractivity (Wildman–Crippen MR) is 80.5 cm³/mol. The molecule has 2 N–H and O–H groups in total. The normalized spacial score (nSPS) is 22.1. The van der Waals surface area contributed by atoms with Gasteiger partial charge >= 0.3 is 0 Å². The highest BCUT2D eigenvalue weighted by Gasteiger charge is 2.26. The Morgan fingerprint density at radius 3 is 3.10 bits per heavy atom. The van der Waals surface area contributed by atoms with Gasteiger partial charge in [-0.05, 0) is 31.7 Å². The molecule has 2 unspecified atom stereocenters. The molecule has 1 aromatic rings. The molecule has 0 amide bonds. The lowest BCUT2D eigenvalue weighted by Crippen LogP contribution is -2.42. The topological polar surface area (TPSA) is 56.3 Å². The van der Waals surface area contributed by atoms with Crippen LogP contribution in [0, 0.1) is 5.92 Å². The van der Waals surface area contributed by atoms with Crippen molar-refractivity contribution in [3.63, 3.8) is 0 Å². The highest BCUT2D eigenvalue weighted by molar-refractivity contribution is 5.11. The number of likely N-dealkylation sites (tertiary alicyclic amines) is 1. The van der Waals surface area contributed by atoms with Crippen LogP contribution in [0.15, 0.2) is 12.4 Å². The molecule has 5 nitrogen and oxygen atoms in total. The maximum atomic E-state index is 6.03. The second kappa shape index (κ2) is 7.76. The maximum absolute atomic E-state index is 6.03. The van der Waals surface area contributed by atoms with E-state index in [1.807, 2.05) is 10.9 Å². The van der Waals surface area contributed by atoms with E-state index in [2.05, 4.69) is 23.1 Å². The number of nitrogens with zero attached hydrogens (tertiary/aromatic N) is 3. The molecule has 0 bridgehead atoms. The molecule has 1 aliphatic heterocycles. The number of ether oxygens (including phenoxy) is 1. The molecule has 0 radical (unpaired) electrons. The van der Waals surface area contributed by atoms with Crippen molar-refractivity contribution in [2.45, 2.75) is 38.8 Å². The van der Waals surface area contributed by atoms with Crippen molar-refractivity contribution in [3.8, 4) is 0 Å². The first-order valence-corrected chi connectivity index (χ1v) is 7.73. The van der Waals surface area contributed by atoms with Crippen LogP contribution >= 0.6 is 0 Å². The Labute approximate surface area is 122 Å². The minimum absolute atomic E-state index is 0.292. The Morgan fingerprint density at radius 2 is 2.40 bits per heavy atom. The molecule has 1 fully saturated rings. The Bertz CT molecular complexity index is 391. The fourth-order valence-corrected chi connectivity index (χ4v) is 3.15. The fraction of sp³-hybridized carbons (Fsp3) is 0.800. The van der Waals surface area contributed by atoms with Gasteiger partial charge in [0.1, 0.15) is 0 Å². The van der Waals surface area contributed by atoms with Crippen LogP contribution in [-0.2, 0) is 11.3 Å². The molecule has 2 atom stereocenters. The minimum atomic E-state index is 0.292. The molecule has 0 aliphatic carbocycles. The Morgan fingerprint density at radius 1 is 1.55 bits per heavy atom. The average Bonchev–Trinajstić information content (AvgIpc) is 2.89. The van der Waals surface area contributed by atoms with Gasteiger partial charge in [-0.25, -0.2) is 0 Å². The highest BCUT2D eigenvalue weighted by atomic mass is 16.5. The molecule has 0 spiro atoms. The van der Waals surface area contributed by atoms with Crippen molar-refractivity contribution in [2.75, 3.05) is 33.4 Å². The number of nitrogens with two attached hydrogens (primary N) is 1. The summed E-state index contributed by atoms with van der Waals surface area (Å²) < 4.78 is 7.33. The smallest absolute Gasteiger partial charge is 0.0538 e. The van der Waals surface area contributed by atoms with E-state index in [-0.39, 0.29) is 0 Å². The van der Waals surface area contributed by atoms with Crippen LogP contribution < -0.4 is 5.73 Å². The number of hydrogen-bond acceptors (Lipinski definition) is 4. The molecule has 2 rings (SSSR count). The van der Waals surface area contributed by atoms with Gasteiger partial charge in [-0.3, -0.25) is 9.58 Å². The van der Waals surface area contributed by atoms with E-state index in [1.54, 1.807) is 7.11 Å². The zero-order valence-corrected chi connectivity index (χ0v) is 12.8. The van der Waals surface area contributed by atoms with Crippen LogP contribution in [0.3, 0.4) is 0 Å². The van der Waals surface area contributed by atoms with Crippen LogP contribution in [0.4, 0.5) is 0 Å². The van der Waals surface area contributed by atoms with Crippen LogP contribution in [0.5, 0.6) is 0 Å². The van der Waals surface area contributed by atoms with E-state index >= 15 is 0 Å². The SMILES string of the molecule is CCCn1cc(C(CN)N2CCCC(COC)C2)cn1. The lowest BCUT2D eigenvalue weighted by atomic mass is 9.96. The number of rotatable bonds is 7. The molecule has 1 aliphatic rings. The summed E-state index contributed by atoms with van der Waals surface area (Å²) in [6.45, 7) is 6.85. The third-order valence-corrected chi connectivity index (χ3v) is 4.11. The molecule has 1 saturated heterocycles. The molecule has 114 valence electrons. The maximum Gasteiger partial charge on any atom is 0.0538 e.